The maximum Gasteiger partial charge on any atom is 0.345 e. The van der Waals surface area contributed by atoms with E-state index in [4.69, 9.17) is 4.42 Å². The summed E-state index contributed by atoms with van der Waals surface area (Å²) in [6.45, 7) is 1.62. The molecule has 0 saturated heterocycles. The molecule has 192 valence electrons. The van der Waals surface area contributed by atoms with Crippen LogP contribution in [0.4, 0.5) is 15.8 Å². The molecule has 5 rings (SSSR count). The van der Waals surface area contributed by atoms with Crippen LogP contribution in [0, 0.1) is 11.7 Å². The molecule has 0 radical (unpaired) electrons. The van der Waals surface area contributed by atoms with Crippen LogP contribution < -0.4 is 15.3 Å². The van der Waals surface area contributed by atoms with Gasteiger partial charge in [-0.05, 0) is 60.9 Å². The van der Waals surface area contributed by atoms with Crippen LogP contribution in [0.25, 0.3) is 0 Å². The average Bonchev–Trinajstić information content (AvgIpc) is 3.30. The fourth-order valence-corrected chi connectivity index (χ4v) is 6.68. The molecule has 1 aromatic heterocycles. The van der Waals surface area contributed by atoms with Crippen molar-refractivity contribution in [3.8, 4) is 0 Å². The van der Waals surface area contributed by atoms with Gasteiger partial charge in [-0.25, -0.2) is 12.8 Å². The smallest absolute Gasteiger partial charge is 0.345 e. The molecule has 37 heavy (non-hydrogen) atoms. The molecule has 1 aliphatic heterocycles. The Labute approximate surface area is 211 Å². The highest BCUT2D eigenvalue weighted by Crippen LogP contribution is 2.49. The van der Waals surface area contributed by atoms with Gasteiger partial charge >= 0.3 is 7.52 Å². The van der Waals surface area contributed by atoms with E-state index in [2.05, 4.69) is 14.8 Å². The Hall–Kier alpha value is -3.60. The normalized spacial score (nSPS) is 25.1. The van der Waals surface area contributed by atoms with Gasteiger partial charge in [0.25, 0.3) is 0 Å². The van der Waals surface area contributed by atoms with E-state index in [-0.39, 0.29) is 34.5 Å². The maximum atomic E-state index is 14.2. The maximum absolute atomic E-state index is 14.2. The Morgan fingerprint density at radius 1 is 1.22 bits per heavy atom. The number of benzene rings is 2. The van der Waals surface area contributed by atoms with E-state index in [1.807, 2.05) is 0 Å². The number of halogens is 1. The highest BCUT2D eigenvalue weighted by Gasteiger charge is 2.52. The lowest BCUT2D eigenvalue weighted by atomic mass is 9.63. The van der Waals surface area contributed by atoms with E-state index in [0.29, 0.717) is 11.1 Å². The third-order valence-electron chi connectivity index (χ3n) is 6.44. The fraction of sp³-hybridized carbons (Fsp3) is 0.208. The topological polar surface area (TPSA) is 155 Å². The Bertz CT molecular complexity index is 1650. The molecule has 2 aromatic carbocycles. The predicted octanol–water partition coefficient (Wildman–Crippen LogP) is 3.01. The van der Waals surface area contributed by atoms with Crippen molar-refractivity contribution < 1.29 is 36.3 Å². The largest absolute Gasteiger partial charge is 0.472 e. The van der Waals surface area contributed by atoms with Gasteiger partial charge in [0.2, 0.25) is 10.0 Å². The SMILES string of the molecule is CC1(Cc2ccoc2)C(=O)C(C2=NP(=O)(O)c3cc(NS(C)(=O)=O)ccc3N2)C(=O)c2cc(F)ccc21. The quantitative estimate of drug-likeness (QED) is 0.327. The number of carbonyl (C=O) groups excluding carboxylic acids is 2. The lowest BCUT2D eigenvalue weighted by molar-refractivity contribution is -0.125. The van der Waals surface area contributed by atoms with Crippen molar-refractivity contribution in [2.45, 2.75) is 18.8 Å². The number of rotatable bonds is 5. The standard InChI is InChI=1S/C24H21FN3O7PS/c1-24(11-13-7-8-35-12-13)17-5-3-14(25)9-16(17)21(29)20(22(24)30)23-26-18-6-4-15(28-37(2,33)34)10-19(18)36(31,32)27-23/h3-10,12,20,28H,11H2,1-2H3,(H2,26,27,31,32). The zero-order valence-electron chi connectivity index (χ0n) is 19.6. The van der Waals surface area contributed by atoms with E-state index in [1.54, 1.807) is 13.0 Å². The van der Waals surface area contributed by atoms with E-state index < -0.39 is 46.3 Å². The summed E-state index contributed by atoms with van der Waals surface area (Å²) in [7, 11) is -8.19. The van der Waals surface area contributed by atoms with E-state index >= 15 is 0 Å². The second-order valence-corrected chi connectivity index (χ2v) is 12.8. The van der Waals surface area contributed by atoms with E-state index in [0.717, 1.165) is 18.4 Å². The first-order chi connectivity index (χ1) is 17.3. The van der Waals surface area contributed by atoms with E-state index in [1.165, 1.54) is 36.8 Å². The van der Waals surface area contributed by atoms with Crippen LogP contribution in [-0.2, 0) is 31.2 Å². The van der Waals surface area contributed by atoms with Crippen molar-refractivity contribution in [3.05, 3.63) is 77.5 Å². The first-order valence-corrected chi connectivity index (χ1v) is 14.5. The van der Waals surface area contributed by atoms with Gasteiger partial charge in [-0.1, -0.05) is 6.07 Å². The molecule has 0 saturated carbocycles. The van der Waals surface area contributed by atoms with Gasteiger partial charge in [0.1, 0.15) is 17.6 Å². The summed E-state index contributed by atoms with van der Waals surface area (Å²) in [5.41, 5.74) is -0.205. The van der Waals surface area contributed by atoms with Crippen LogP contribution in [0.2, 0.25) is 0 Å². The van der Waals surface area contributed by atoms with Crippen molar-refractivity contribution >= 4 is 51.6 Å². The lowest BCUT2D eigenvalue weighted by Crippen LogP contribution is -2.52. The van der Waals surface area contributed by atoms with Gasteiger partial charge in [0.15, 0.2) is 11.6 Å². The van der Waals surface area contributed by atoms with Gasteiger partial charge < -0.3 is 14.6 Å². The number of ketones is 2. The van der Waals surface area contributed by atoms with Crippen LogP contribution in [0.5, 0.6) is 0 Å². The minimum atomic E-state index is -4.54. The number of carbonyl (C=O) groups is 2. The number of hydrogen-bond donors (Lipinski definition) is 3. The average molecular weight is 545 g/mol. The summed E-state index contributed by atoms with van der Waals surface area (Å²) in [6, 6.07) is 9.14. The number of fused-ring (bicyclic) bond motifs is 2. The summed E-state index contributed by atoms with van der Waals surface area (Å²) in [4.78, 5) is 38.2. The molecule has 3 unspecified atom stereocenters. The number of furan rings is 1. The van der Waals surface area contributed by atoms with Crippen LogP contribution in [0.1, 0.15) is 28.4 Å². The predicted molar refractivity (Wildman–Crippen MR) is 134 cm³/mol. The molecule has 0 amide bonds. The first kappa shape index (κ1) is 25.1. The first-order valence-electron chi connectivity index (χ1n) is 11.0. The molecule has 3 aromatic rings. The number of nitrogens with one attached hydrogen (secondary N) is 2. The third-order valence-corrected chi connectivity index (χ3v) is 8.53. The van der Waals surface area contributed by atoms with Crippen molar-refractivity contribution in [2.24, 2.45) is 10.7 Å². The summed E-state index contributed by atoms with van der Waals surface area (Å²) in [6.07, 6.45) is 3.97. The highest BCUT2D eigenvalue weighted by atomic mass is 32.2. The Balaban J connectivity index is 1.61. The number of sulfonamides is 1. The van der Waals surface area contributed by atoms with Gasteiger partial charge in [-0.15, -0.1) is 0 Å². The van der Waals surface area contributed by atoms with Crippen molar-refractivity contribution in [3.63, 3.8) is 0 Å². The molecule has 3 N–H and O–H groups in total. The molecule has 3 atom stereocenters. The molecule has 2 heterocycles. The minimum Gasteiger partial charge on any atom is -0.472 e. The zero-order chi connectivity index (χ0) is 26.8. The molecule has 10 nitrogen and oxygen atoms in total. The summed E-state index contributed by atoms with van der Waals surface area (Å²) in [5, 5.41) is 2.60. The number of anilines is 2. The molecule has 0 fully saturated rings. The highest BCUT2D eigenvalue weighted by molar-refractivity contribution is 7.92. The number of amidine groups is 1. The number of nitrogens with zero attached hydrogens (tertiary/aromatic N) is 1. The van der Waals surface area contributed by atoms with Crippen molar-refractivity contribution in [1.82, 2.24) is 0 Å². The molecule has 1 aliphatic carbocycles. The minimum absolute atomic E-state index is 0.0219. The van der Waals surface area contributed by atoms with Crippen LogP contribution in [-0.4, -0.2) is 37.0 Å². The Morgan fingerprint density at radius 2 is 1.97 bits per heavy atom. The van der Waals surface area contributed by atoms with Crippen LogP contribution >= 0.6 is 7.52 Å². The van der Waals surface area contributed by atoms with Crippen molar-refractivity contribution in [1.29, 1.82) is 0 Å². The van der Waals surface area contributed by atoms with Crippen molar-refractivity contribution in [2.75, 3.05) is 16.3 Å². The molecular formula is C24H21FN3O7PS. The Morgan fingerprint density at radius 3 is 2.65 bits per heavy atom. The lowest BCUT2D eigenvalue weighted by Gasteiger charge is -2.38. The summed E-state index contributed by atoms with van der Waals surface area (Å²) >= 11 is 0. The number of hydrogen-bond acceptors (Lipinski definition) is 7. The van der Waals surface area contributed by atoms with Crippen LogP contribution in [0.15, 0.2) is 64.2 Å². The molecule has 13 heteroatoms. The zero-order valence-corrected chi connectivity index (χ0v) is 21.3. The second kappa shape index (κ2) is 8.47. The second-order valence-electron chi connectivity index (χ2n) is 9.25. The van der Waals surface area contributed by atoms with Gasteiger partial charge in [0.05, 0.1) is 35.2 Å². The Kier molecular flexibility index (Phi) is 5.74. The molecule has 0 spiro atoms. The third kappa shape index (κ3) is 4.41. The molecule has 2 aliphatic rings. The van der Waals surface area contributed by atoms with Gasteiger partial charge in [-0.3, -0.25) is 18.9 Å². The monoisotopic (exact) mass is 545 g/mol. The number of Topliss-reactive ketones (excluding diaryl/α,β-unsaturated/α-hetero) is 2. The van der Waals surface area contributed by atoms with Gasteiger partial charge in [-0.2, -0.15) is 4.76 Å². The molecular weight excluding hydrogens is 524 g/mol. The molecule has 0 bridgehead atoms. The van der Waals surface area contributed by atoms with Gasteiger partial charge in [0, 0.05) is 11.3 Å². The summed E-state index contributed by atoms with van der Waals surface area (Å²) in [5.74, 6) is -3.95. The summed E-state index contributed by atoms with van der Waals surface area (Å²) < 4.78 is 61.8. The van der Waals surface area contributed by atoms with E-state index in [9.17, 15) is 31.9 Å². The van der Waals surface area contributed by atoms with Crippen LogP contribution in [0.3, 0.4) is 0 Å². The fourth-order valence-electron chi connectivity index (χ4n) is 4.81.